The third kappa shape index (κ3) is 3.72. The van der Waals surface area contributed by atoms with Gasteiger partial charge in [-0.25, -0.2) is 0 Å². The second kappa shape index (κ2) is 6.57. The van der Waals surface area contributed by atoms with Gasteiger partial charge in [0, 0.05) is 12.6 Å². The van der Waals surface area contributed by atoms with Crippen molar-refractivity contribution >= 4 is 11.8 Å². The second-order valence-electron chi connectivity index (χ2n) is 6.68. The van der Waals surface area contributed by atoms with Crippen molar-refractivity contribution in [3.05, 3.63) is 0 Å². The van der Waals surface area contributed by atoms with Gasteiger partial charge in [-0.3, -0.25) is 9.59 Å². The number of hydrogen-bond acceptors (Lipinski definition) is 3. The second-order valence-corrected chi connectivity index (χ2v) is 6.68. The summed E-state index contributed by atoms with van der Waals surface area (Å²) < 4.78 is 0. The quantitative estimate of drug-likeness (QED) is 0.785. The summed E-state index contributed by atoms with van der Waals surface area (Å²) in [6.45, 7) is 4.71. The van der Waals surface area contributed by atoms with E-state index in [-0.39, 0.29) is 18.5 Å². The lowest BCUT2D eigenvalue weighted by molar-refractivity contribution is -0.137. The minimum Gasteiger partial charge on any atom is -0.368 e. The molecule has 1 aliphatic heterocycles. The van der Waals surface area contributed by atoms with Crippen LogP contribution in [-0.2, 0) is 9.59 Å². The average Bonchev–Trinajstić information content (AvgIpc) is 2.79. The number of nitrogens with two attached hydrogens (primary N) is 1. The number of carbonyl (C=O) groups is 2. The molecule has 0 aromatic heterocycles. The Morgan fingerprint density at radius 3 is 2.60 bits per heavy atom. The third-order valence-corrected chi connectivity index (χ3v) is 4.40. The van der Waals surface area contributed by atoms with E-state index in [9.17, 15) is 9.59 Å². The van der Waals surface area contributed by atoms with Gasteiger partial charge in [0.05, 0.1) is 12.6 Å². The maximum Gasteiger partial charge on any atom is 0.240 e. The number of nitrogens with one attached hydrogen (secondary N) is 1. The maximum absolute atomic E-state index is 12.6. The van der Waals surface area contributed by atoms with E-state index < -0.39 is 5.91 Å². The molecule has 1 saturated carbocycles. The predicted octanol–water partition coefficient (Wildman–Crippen LogP) is 0.877. The molecule has 2 rings (SSSR count). The van der Waals surface area contributed by atoms with E-state index in [4.69, 9.17) is 5.73 Å². The fourth-order valence-electron chi connectivity index (χ4n) is 3.59. The summed E-state index contributed by atoms with van der Waals surface area (Å²) in [6.07, 6.45) is 5.85. The molecule has 0 spiro atoms. The standard InChI is InChI=1S/C15H27N3O2/c1-10(2)8-18(9-14(16)19)15(20)13-7-11-5-3-4-6-12(11)17-13/h10-13,17H,3-9H2,1-2H3,(H2,16,19). The van der Waals surface area contributed by atoms with E-state index >= 15 is 0 Å². The monoisotopic (exact) mass is 281 g/mol. The lowest BCUT2D eigenvalue weighted by Gasteiger charge is -2.26. The summed E-state index contributed by atoms with van der Waals surface area (Å²) in [4.78, 5) is 25.4. The van der Waals surface area contributed by atoms with Crippen molar-refractivity contribution in [1.82, 2.24) is 10.2 Å². The number of amides is 2. The smallest absolute Gasteiger partial charge is 0.240 e. The molecule has 1 saturated heterocycles. The lowest BCUT2D eigenvalue weighted by atomic mass is 9.85. The Hall–Kier alpha value is -1.10. The molecule has 0 radical (unpaired) electrons. The van der Waals surface area contributed by atoms with Crippen molar-refractivity contribution < 1.29 is 9.59 Å². The number of primary amides is 1. The first-order chi connectivity index (χ1) is 9.47. The highest BCUT2D eigenvalue weighted by molar-refractivity contribution is 5.87. The molecule has 3 atom stereocenters. The van der Waals surface area contributed by atoms with Gasteiger partial charge in [0.25, 0.3) is 0 Å². The van der Waals surface area contributed by atoms with Gasteiger partial charge in [-0.05, 0) is 31.1 Å². The minimum atomic E-state index is -0.436. The van der Waals surface area contributed by atoms with Gasteiger partial charge >= 0.3 is 0 Å². The largest absolute Gasteiger partial charge is 0.368 e. The van der Waals surface area contributed by atoms with Gasteiger partial charge in [-0.2, -0.15) is 0 Å². The van der Waals surface area contributed by atoms with E-state index in [0.29, 0.717) is 24.4 Å². The van der Waals surface area contributed by atoms with Crippen LogP contribution in [0.1, 0.15) is 46.0 Å². The molecule has 0 aromatic rings. The van der Waals surface area contributed by atoms with Crippen molar-refractivity contribution in [3.8, 4) is 0 Å². The van der Waals surface area contributed by atoms with Gasteiger partial charge in [0.15, 0.2) is 0 Å². The number of fused-ring (bicyclic) bond motifs is 1. The van der Waals surface area contributed by atoms with Crippen LogP contribution in [0.3, 0.4) is 0 Å². The first kappa shape index (κ1) is 15.3. The van der Waals surface area contributed by atoms with Gasteiger partial charge in [0.2, 0.25) is 11.8 Å². The summed E-state index contributed by atoms with van der Waals surface area (Å²) in [6, 6.07) is 0.369. The van der Waals surface area contributed by atoms with Crippen LogP contribution in [0, 0.1) is 11.8 Å². The number of nitrogens with zero attached hydrogens (tertiary/aromatic N) is 1. The molecule has 2 fully saturated rings. The van der Waals surface area contributed by atoms with Crippen LogP contribution < -0.4 is 11.1 Å². The molecule has 114 valence electrons. The molecule has 3 N–H and O–H groups in total. The average molecular weight is 281 g/mol. The fourth-order valence-corrected chi connectivity index (χ4v) is 3.59. The Labute approximate surface area is 121 Å². The summed E-state index contributed by atoms with van der Waals surface area (Å²) in [5, 5.41) is 3.48. The van der Waals surface area contributed by atoms with E-state index in [1.54, 1.807) is 4.90 Å². The molecule has 3 unspecified atom stereocenters. The third-order valence-electron chi connectivity index (χ3n) is 4.40. The normalized spacial score (nSPS) is 29.2. The SMILES string of the molecule is CC(C)CN(CC(N)=O)C(=O)C1CC2CCCCC2N1. The van der Waals surface area contributed by atoms with Gasteiger partial charge < -0.3 is 16.0 Å². The Bertz CT molecular complexity index is 356. The van der Waals surface area contributed by atoms with Crippen molar-refractivity contribution in [2.45, 2.75) is 58.0 Å². The van der Waals surface area contributed by atoms with Crippen LogP contribution in [0.4, 0.5) is 0 Å². The van der Waals surface area contributed by atoms with Crippen molar-refractivity contribution in [2.24, 2.45) is 17.6 Å². The van der Waals surface area contributed by atoms with Crippen LogP contribution in [0.2, 0.25) is 0 Å². The van der Waals surface area contributed by atoms with Gasteiger partial charge in [-0.15, -0.1) is 0 Å². The van der Waals surface area contributed by atoms with E-state index in [1.807, 2.05) is 13.8 Å². The van der Waals surface area contributed by atoms with E-state index in [1.165, 1.54) is 25.7 Å². The highest BCUT2D eigenvalue weighted by atomic mass is 16.2. The van der Waals surface area contributed by atoms with Crippen LogP contribution >= 0.6 is 0 Å². The summed E-state index contributed by atoms with van der Waals surface area (Å²) >= 11 is 0. The Morgan fingerprint density at radius 1 is 1.30 bits per heavy atom. The molecule has 2 aliphatic rings. The topological polar surface area (TPSA) is 75.4 Å². The molecule has 2 amide bonds. The van der Waals surface area contributed by atoms with Crippen molar-refractivity contribution in [3.63, 3.8) is 0 Å². The van der Waals surface area contributed by atoms with E-state index in [2.05, 4.69) is 5.32 Å². The zero-order chi connectivity index (χ0) is 14.7. The molecule has 5 nitrogen and oxygen atoms in total. The lowest BCUT2D eigenvalue weighted by Crippen LogP contribution is -2.49. The van der Waals surface area contributed by atoms with Crippen LogP contribution in [-0.4, -0.2) is 41.9 Å². The Balaban J connectivity index is 1.98. The molecular weight excluding hydrogens is 254 g/mol. The number of hydrogen-bond donors (Lipinski definition) is 2. The summed E-state index contributed by atoms with van der Waals surface area (Å²) in [7, 11) is 0. The minimum absolute atomic E-state index is 0.0323. The highest BCUT2D eigenvalue weighted by Gasteiger charge is 2.39. The number of carbonyl (C=O) groups excluding carboxylic acids is 2. The molecule has 0 aromatic carbocycles. The predicted molar refractivity (Wildman–Crippen MR) is 77.9 cm³/mol. The molecular formula is C15H27N3O2. The van der Waals surface area contributed by atoms with Crippen LogP contribution in [0.25, 0.3) is 0 Å². The zero-order valence-corrected chi connectivity index (χ0v) is 12.6. The van der Waals surface area contributed by atoms with Crippen LogP contribution in [0.5, 0.6) is 0 Å². The molecule has 1 heterocycles. The van der Waals surface area contributed by atoms with Crippen molar-refractivity contribution in [1.29, 1.82) is 0 Å². The van der Waals surface area contributed by atoms with Crippen molar-refractivity contribution in [2.75, 3.05) is 13.1 Å². The number of rotatable bonds is 5. The highest BCUT2D eigenvalue weighted by Crippen LogP contribution is 2.33. The first-order valence-electron chi connectivity index (χ1n) is 7.80. The summed E-state index contributed by atoms with van der Waals surface area (Å²) in [5.74, 6) is 0.579. The maximum atomic E-state index is 12.6. The Kier molecular flexibility index (Phi) is 5.02. The molecule has 1 aliphatic carbocycles. The first-order valence-corrected chi connectivity index (χ1v) is 7.80. The van der Waals surface area contributed by atoms with Crippen LogP contribution in [0.15, 0.2) is 0 Å². The van der Waals surface area contributed by atoms with Gasteiger partial charge in [-0.1, -0.05) is 26.7 Å². The van der Waals surface area contributed by atoms with E-state index in [0.717, 1.165) is 6.42 Å². The van der Waals surface area contributed by atoms with Gasteiger partial charge in [0.1, 0.15) is 0 Å². The molecule has 5 heteroatoms. The fraction of sp³-hybridized carbons (Fsp3) is 0.867. The molecule has 20 heavy (non-hydrogen) atoms. The summed E-state index contributed by atoms with van der Waals surface area (Å²) in [5.41, 5.74) is 5.27. The molecule has 0 bridgehead atoms. The zero-order valence-electron chi connectivity index (χ0n) is 12.6. The Morgan fingerprint density at radius 2 is 2.00 bits per heavy atom.